The number of alkyl halides is 1. The van der Waals surface area contributed by atoms with Crippen molar-refractivity contribution < 1.29 is 0 Å². The second-order valence-corrected chi connectivity index (χ2v) is 6.95. The highest BCUT2D eigenvalue weighted by molar-refractivity contribution is 6.30. The minimum absolute atomic E-state index is 0.157. The number of hydrogen-bond donors (Lipinski definition) is 1. The maximum absolute atomic E-state index is 12.9. The Morgan fingerprint density at radius 3 is 2.50 bits per heavy atom. The molecule has 0 aliphatic carbocycles. The van der Waals surface area contributed by atoms with E-state index in [4.69, 9.17) is 23.2 Å². The van der Waals surface area contributed by atoms with Crippen LogP contribution in [0.15, 0.2) is 59.5 Å². The molecule has 28 heavy (non-hydrogen) atoms. The summed E-state index contributed by atoms with van der Waals surface area (Å²) in [6, 6.07) is 14.9. The molecular weight excluding hydrogens is 393 g/mol. The van der Waals surface area contributed by atoms with Crippen LogP contribution in [0.2, 0.25) is 5.02 Å². The van der Waals surface area contributed by atoms with Crippen LogP contribution in [0.5, 0.6) is 0 Å². The van der Waals surface area contributed by atoms with Crippen molar-refractivity contribution in [2.24, 2.45) is 0 Å². The Hall–Kier alpha value is -3.00. The number of fused-ring (bicyclic) bond motifs is 1. The molecule has 4 rings (SSSR count). The number of nitrogens with one attached hydrogen (secondary N) is 1. The third-order valence-electron chi connectivity index (χ3n) is 4.48. The normalized spacial score (nSPS) is 10.7. The number of halogens is 2. The zero-order valence-electron chi connectivity index (χ0n) is 15.0. The standard InChI is InChI=1S/C22H15Cl2N3O/c1-14-20(16-6-4-15(5-7-16)3-2-12-23)21-19(13-25-14)22(28)27(26-21)18-10-8-17(24)9-11-18/h4-11,13,26H,12H2,1H3. The molecule has 2 aromatic heterocycles. The van der Waals surface area contributed by atoms with E-state index in [-0.39, 0.29) is 5.56 Å². The predicted octanol–water partition coefficient (Wildman–Crippen LogP) is 4.93. The maximum atomic E-state index is 12.9. The van der Waals surface area contributed by atoms with Crippen LogP contribution in [-0.2, 0) is 0 Å². The van der Waals surface area contributed by atoms with Gasteiger partial charge in [-0.3, -0.25) is 14.9 Å². The lowest BCUT2D eigenvalue weighted by Crippen LogP contribution is -2.14. The fourth-order valence-electron chi connectivity index (χ4n) is 3.15. The summed E-state index contributed by atoms with van der Waals surface area (Å²) < 4.78 is 1.51. The maximum Gasteiger partial charge on any atom is 0.280 e. The second-order valence-electron chi connectivity index (χ2n) is 6.25. The van der Waals surface area contributed by atoms with Crippen LogP contribution in [-0.4, -0.2) is 20.6 Å². The van der Waals surface area contributed by atoms with Gasteiger partial charge >= 0.3 is 0 Å². The van der Waals surface area contributed by atoms with E-state index >= 15 is 0 Å². The lowest BCUT2D eigenvalue weighted by Gasteiger charge is -2.07. The molecule has 0 radical (unpaired) electrons. The summed E-state index contributed by atoms with van der Waals surface area (Å²) in [5.74, 6) is 6.13. The highest BCUT2D eigenvalue weighted by Gasteiger charge is 2.16. The van der Waals surface area contributed by atoms with Gasteiger partial charge in [-0.2, -0.15) is 0 Å². The number of nitrogens with zero attached hydrogens (tertiary/aromatic N) is 2. The number of aromatic amines is 1. The number of H-pyrrole nitrogens is 1. The van der Waals surface area contributed by atoms with E-state index in [9.17, 15) is 4.79 Å². The van der Waals surface area contributed by atoms with Crippen molar-refractivity contribution in [2.75, 3.05) is 5.88 Å². The van der Waals surface area contributed by atoms with Crippen LogP contribution in [0.25, 0.3) is 27.7 Å². The second kappa shape index (κ2) is 7.55. The van der Waals surface area contributed by atoms with Crippen LogP contribution in [0, 0.1) is 18.8 Å². The molecule has 0 fully saturated rings. The fraction of sp³-hybridized carbons (Fsp3) is 0.0909. The molecule has 0 bridgehead atoms. The Morgan fingerprint density at radius 2 is 1.82 bits per heavy atom. The van der Waals surface area contributed by atoms with Crippen LogP contribution in [0.1, 0.15) is 11.3 Å². The first-order valence-electron chi connectivity index (χ1n) is 8.60. The third kappa shape index (κ3) is 3.31. The van der Waals surface area contributed by atoms with Crippen LogP contribution in [0.3, 0.4) is 0 Å². The van der Waals surface area contributed by atoms with Gasteiger partial charge < -0.3 is 0 Å². The van der Waals surface area contributed by atoms with E-state index in [1.807, 2.05) is 31.2 Å². The predicted molar refractivity (Wildman–Crippen MR) is 114 cm³/mol. The van der Waals surface area contributed by atoms with Crippen molar-refractivity contribution in [1.29, 1.82) is 0 Å². The van der Waals surface area contributed by atoms with Gasteiger partial charge in [0.05, 0.1) is 22.5 Å². The fourth-order valence-corrected chi connectivity index (χ4v) is 3.34. The van der Waals surface area contributed by atoms with Crippen molar-refractivity contribution in [3.8, 4) is 28.7 Å². The van der Waals surface area contributed by atoms with E-state index < -0.39 is 0 Å². The van der Waals surface area contributed by atoms with Crippen molar-refractivity contribution in [3.05, 3.63) is 81.4 Å². The molecule has 6 heteroatoms. The van der Waals surface area contributed by atoms with E-state index in [1.54, 1.807) is 30.5 Å². The molecule has 138 valence electrons. The molecule has 0 unspecified atom stereocenters. The number of hydrogen-bond acceptors (Lipinski definition) is 2. The van der Waals surface area contributed by atoms with Crippen molar-refractivity contribution >= 4 is 34.1 Å². The topological polar surface area (TPSA) is 50.7 Å². The number of rotatable bonds is 2. The highest BCUT2D eigenvalue weighted by atomic mass is 35.5. The monoisotopic (exact) mass is 407 g/mol. The Morgan fingerprint density at radius 1 is 1.11 bits per heavy atom. The molecule has 2 heterocycles. The van der Waals surface area contributed by atoms with Crippen molar-refractivity contribution in [3.63, 3.8) is 0 Å². The Labute approximate surface area is 171 Å². The molecule has 4 nitrogen and oxygen atoms in total. The molecular formula is C22H15Cl2N3O. The van der Waals surface area contributed by atoms with Crippen LogP contribution in [0.4, 0.5) is 0 Å². The van der Waals surface area contributed by atoms with Gasteiger partial charge in [-0.05, 0) is 48.9 Å². The molecule has 0 amide bonds. The van der Waals surface area contributed by atoms with Gasteiger partial charge in [0.15, 0.2) is 0 Å². The summed E-state index contributed by atoms with van der Waals surface area (Å²) in [5, 5.41) is 4.38. The minimum atomic E-state index is -0.157. The largest absolute Gasteiger partial charge is 0.290 e. The quantitative estimate of drug-likeness (QED) is 0.378. The smallest absolute Gasteiger partial charge is 0.280 e. The first-order chi connectivity index (χ1) is 13.6. The molecule has 4 aromatic rings. The number of pyridine rings is 1. The average molecular weight is 408 g/mol. The Balaban J connectivity index is 1.89. The average Bonchev–Trinajstić information content (AvgIpc) is 3.04. The Bertz CT molecular complexity index is 1270. The number of aryl methyl sites for hydroxylation is 1. The molecule has 0 aliphatic rings. The van der Waals surface area contributed by atoms with Gasteiger partial charge in [-0.1, -0.05) is 35.6 Å². The summed E-state index contributed by atoms with van der Waals surface area (Å²) in [7, 11) is 0. The summed E-state index contributed by atoms with van der Waals surface area (Å²) in [6.45, 7) is 1.92. The third-order valence-corrected chi connectivity index (χ3v) is 4.87. The molecule has 0 saturated heterocycles. The first-order valence-corrected chi connectivity index (χ1v) is 9.51. The lowest BCUT2D eigenvalue weighted by atomic mass is 10.0. The number of aromatic nitrogens is 3. The summed E-state index contributed by atoms with van der Waals surface area (Å²) in [4.78, 5) is 17.3. The molecule has 0 atom stereocenters. The Kier molecular flexibility index (Phi) is 4.95. The summed E-state index contributed by atoms with van der Waals surface area (Å²) in [6.07, 6.45) is 1.61. The van der Waals surface area contributed by atoms with Crippen LogP contribution < -0.4 is 5.56 Å². The van der Waals surface area contributed by atoms with Crippen molar-refractivity contribution in [2.45, 2.75) is 6.92 Å². The molecule has 0 spiro atoms. The van der Waals surface area contributed by atoms with Gasteiger partial charge in [0, 0.05) is 28.0 Å². The zero-order chi connectivity index (χ0) is 19.7. The summed E-state index contributed by atoms with van der Waals surface area (Å²) in [5.41, 5.74) is 4.85. The molecule has 0 saturated carbocycles. The zero-order valence-corrected chi connectivity index (χ0v) is 16.5. The summed E-state index contributed by atoms with van der Waals surface area (Å²) >= 11 is 11.6. The first kappa shape index (κ1) is 18.4. The number of benzene rings is 2. The lowest BCUT2D eigenvalue weighted by molar-refractivity contribution is 0.864. The van der Waals surface area contributed by atoms with Gasteiger partial charge in [0.25, 0.3) is 5.56 Å². The molecule has 0 aliphatic heterocycles. The van der Waals surface area contributed by atoms with E-state index in [1.165, 1.54) is 4.68 Å². The SMILES string of the molecule is Cc1ncc2c(=O)n(-c3ccc(Cl)cc3)[nH]c2c1-c1ccc(C#CCCl)cc1. The van der Waals surface area contributed by atoms with Gasteiger partial charge in [-0.25, -0.2) is 4.68 Å². The molecule has 2 aromatic carbocycles. The van der Waals surface area contributed by atoms with E-state index in [0.717, 1.165) is 27.9 Å². The van der Waals surface area contributed by atoms with Crippen molar-refractivity contribution in [1.82, 2.24) is 14.8 Å². The van der Waals surface area contributed by atoms with Gasteiger partial charge in [-0.15, -0.1) is 11.6 Å². The minimum Gasteiger partial charge on any atom is -0.290 e. The van der Waals surface area contributed by atoms with E-state index in [0.29, 0.717) is 22.0 Å². The highest BCUT2D eigenvalue weighted by Crippen LogP contribution is 2.29. The van der Waals surface area contributed by atoms with E-state index in [2.05, 4.69) is 21.9 Å². The van der Waals surface area contributed by atoms with Gasteiger partial charge in [0.1, 0.15) is 0 Å². The van der Waals surface area contributed by atoms with Crippen LogP contribution >= 0.6 is 23.2 Å². The molecule has 1 N–H and O–H groups in total. The van der Waals surface area contributed by atoms with Gasteiger partial charge in [0.2, 0.25) is 0 Å².